The predicted molar refractivity (Wildman–Crippen MR) is 101 cm³/mol. The molecular formula is C18H29BN4O3. The van der Waals surface area contributed by atoms with Crippen molar-refractivity contribution in [3.63, 3.8) is 0 Å². The van der Waals surface area contributed by atoms with Crippen molar-refractivity contribution in [3.05, 3.63) is 12.4 Å². The summed E-state index contributed by atoms with van der Waals surface area (Å²) in [6.45, 7) is 11.3. The molecular weight excluding hydrogens is 331 g/mol. The monoisotopic (exact) mass is 360 g/mol. The number of rotatable bonds is 3. The third-order valence-electron chi connectivity index (χ3n) is 5.96. The molecule has 8 heteroatoms. The van der Waals surface area contributed by atoms with Gasteiger partial charge in [0.15, 0.2) is 0 Å². The number of carbonyl (C=O) groups excluding carboxylic acids is 1. The lowest BCUT2D eigenvalue weighted by molar-refractivity contribution is -0.129. The van der Waals surface area contributed by atoms with Gasteiger partial charge in [0.2, 0.25) is 11.9 Å². The number of aromatic nitrogens is 2. The van der Waals surface area contributed by atoms with Crippen LogP contribution >= 0.6 is 0 Å². The molecule has 0 aliphatic carbocycles. The van der Waals surface area contributed by atoms with Crippen molar-refractivity contribution in [2.24, 2.45) is 0 Å². The quantitative estimate of drug-likeness (QED) is 0.756. The van der Waals surface area contributed by atoms with Gasteiger partial charge in [-0.15, -0.1) is 0 Å². The Hall–Kier alpha value is -1.67. The average molecular weight is 360 g/mol. The molecule has 0 aromatic carbocycles. The first-order chi connectivity index (χ1) is 12.1. The molecule has 0 bridgehead atoms. The second kappa shape index (κ2) is 6.81. The molecule has 0 atom stereocenters. The van der Waals surface area contributed by atoms with Crippen LogP contribution < -0.4 is 10.4 Å². The molecule has 0 N–H and O–H groups in total. The molecule has 3 rings (SSSR count). The molecule has 0 unspecified atom stereocenters. The second-order valence-corrected chi connectivity index (χ2v) is 8.25. The number of carbonyl (C=O) groups is 1. The topological polar surface area (TPSA) is 67.8 Å². The molecule has 1 aromatic rings. The van der Waals surface area contributed by atoms with E-state index in [0.29, 0.717) is 12.0 Å². The van der Waals surface area contributed by atoms with Gasteiger partial charge in [-0.25, -0.2) is 9.97 Å². The molecule has 0 spiro atoms. The van der Waals surface area contributed by atoms with Crippen LogP contribution in [0.2, 0.25) is 0 Å². The Morgan fingerprint density at radius 3 is 2.12 bits per heavy atom. The Morgan fingerprint density at radius 1 is 1.15 bits per heavy atom. The van der Waals surface area contributed by atoms with Crippen LogP contribution in [0.3, 0.4) is 0 Å². The standard InChI is InChI=1S/C18H29BN4O3/c1-13(24)23-9-7-15(8-10-23)22(6)16-20-11-14(12-21-16)19-25-17(2,3)18(4,5)26-19/h11-12,15H,7-10H2,1-6H3. The van der Waals surface area contributed by atoms with Gasteiger partial charge in [0, 0.05) is 51.0 Å². The van der Waals surface area contributed by atoms with Gasteiger partial charge in [-0.3, -0.25) is 4.79 Å². The number of piperidine rings is 1. The van der Waals surface area contributed by atoms with Crippen LogP contribution in [0.4, 0.5) is 5.95 Å². The highest BCUT2D eigenvalue weighted by molar-refractivity contribution is 6.61. The van der Waals surface area contributed by atoms with E-state index in [4.69, 9.17) is 9.31 Å². The summed E-state index contributed by atoms with van der Waals surface area (Å²) in [4.78, 5) is 24.5. The van der Waals surface area contributed by atoms with Crippen LogP contribution in [-0.2, 0) is 14.1 Å². The minimum absolute atomic E-state index is 0.147. The van der Waals surface area contributed by atoms with E-state index in [9.17, 15) is 4.79 Å². The summed E-state index contributed by atoms with van der Waals surface area (Å²) in [5.41, 5.74) is 0.0718. The van der Waals surface area contributed by atoms with Crippen LogP contribution in [-0.4, -0.2) is 65.3 Å². The van der Waals surface area contributed by atoms with Gasteiger partial charge < -0.3 is 19.1 Å². The Kier molecular flexibility index (Phi) is 5.01. The smallest absolute Gasteiger partial charge is 0.399 e. The zero-order chi connectivity index (χ0) is 19.1. The fourth-order valence-corrected chi connectivity index (χ4v) is 3.35. The fourth-order valence-electron chi connectivity index (χ4n) is 3.35. The first-order valence-corrected chi connectivity index (χ1v) is 9.26. The maximum Gasteiger partial charge on any atom is 0.498 e. The van der Waals surface area contributed by atoms with Gasteiger partial charge in [0.1, 0.15) is 0 Å². The van der Waals surface area contributed by atoms with E-state index in [2.05, 4.69) is 14.9 Å². The van der Waals surface area contributed by atoms with Gasteiger partial charge in [0.25, 0.3) is 0 Å². The van der Waals surface area contributed by atoms with Crippen LogP contribution in [0.15, 0.2) is 12.4 Å². The van der Waals surface area contributed by atoms with Crippen molar-refractivity contribution in [2.45, 2.75) is 64.7 Å². The van der Waals surface area contributed by atoms with Gasteiger partial charge >= 0.3 is 7.12 Å². The van der Waals surface area contributed by atoms with Crippen LogP contribution in [0, 0.1) is 0 Å². The Bertz CT molecular complexity index is 641. The zero-order valence-electron chi connectivity index (χ0n) is 16.7. The number of anilines is 1. The summed E-state index contributed by atoms with van der Waals surface area (Å²) >= 11 is 0. The van der Waals surface area contributed by atoms with Crippen molar-refractivity contribution in [3.8, 4) is 0 Å². The predicted octanol–water partition coefficient (Wildman–Crippen LogP) is 1.22. The number of hydrogen-bond acceptors (Lipinski definition) is 6. The van der Waals surface area contributed by atoms with E-state index >= 15 is 0 Å². The average Bonchev–Trinajstić information content (AvgIpc) is 2.82. The normalized spacial score (nSPS) is 22.5. The molecule has 2 fully saturated rings. The molecule has 3 heterocycles. The minimum atomic E-state index is -0.446. The van der Waals surface area contributed by atoms with Crippen LogP contribution in [0.5, 0.6) is 0 Å². The summed E-state index contributed by atoms with van der Waals surface area (Å²) < 4.78 is 12.1. The molecule has 2 saturated heterocycles. The first-order valence-electron chi connectivity index (χ1n) is 9.26. The molecule has 2 aliphatic rings. The Labute approximate surface area is 156 Å². The molecule has 142 valence electrons. The van der Waals surface area contributed by atoms with E-state index in [1.807, 2.05) is 39.6 Å². The van der Waals surface area contributed by atoms with E-state index in [0.717, 1.165) is 31.4 Å². The van der Waals surface area contributed by atoms with E-state index in [1.54, 1.807) is 19.3 Å². The fraction of sp³-hybridized carbons (Fsp3) is 0.722. The molecule has 7 nitrogen and oxygen atoms in total. The second-order valence-electron chi connectivity index (χ2n) is 8.25. The largest absolute Gasteiger partial charge is 0.498 e. The van der Waals surface area contributed by atoms with Crippen molar-refractivity contribution < 1.29 is 14.1 Å². The summed E-state index contributed by atoms with van der Waals surface area (Å²) in [5, 5.41) is 0. The molecule has 26 heavy (non-hydrogen) atoms. The maximum atomic E-state index is 11.5. The third-order valence-corrected chi connectivity index (χ3v) is 5.96. The van der Waals surface area contributed by atoms with Crippen LogP contribution in [0.1, 0.15) is 47.5 Å². The van der Waals surface area contributed by atoms with Crippen molar-refractivity contribution in [2.75, 3.05) is 25.0 Å². The Balaban J connectivity index is 1.64. The highest BCUT2D eigenvalue weighted by atomic mass is 16.7. The summed E-state index contributed by atoms with van der Waals surface area (Å²) in [6.07, 6.45) is 5.42. The lowest BCUT2D eigenvalue weighted by atomic mass is 9.81. The van der Waals surface area contributed by atoms with E-state index < -0.39 is 7.12 Å². The summed E-state index contributed by atoms with van der Waals surface area (Å²) in [6, 6.07) is 0.341. The van der Waals surface area contributed by atoms with E-state index in [-0.39, 0.29) is 17.1 Å². The maximum absolute atomic E-state index is 11.5. The number of likely N-dealkylation sites (tertiary alicyclic amines) is 1. The summed E-state index contributed by atoms with van der Waals surface area (Å²) in [5.74, 6) is 0.834. The third kappa shape index (κ3) is 3.57. The molecule has 0 radical (unpaired) electrons. The van der Waals surface area contributed by atoms with Crippen LogP contribution in [0.25, 0.3) is 0 Å². The number of nitrogens with zero attached hydrogens (tertiary/aromatic N) is 4. The van der Waals surface area contributed by atoms with Crippen molar-refractivity contribution >= 4 is 24.4 Å². The molecule has 1 amide bonds. The van der Waals surface area contributed by atoms with Gasteiger partial charge in [-0.05, 0) is 40.5 Å². The van der Waals surface area contributed by atoms with Crippen molar-refractivity contribution in [1.29, 1.82) is 0 Å². The van der Waals surface area contributed by atoms with E-state index in [1.165, 1.54) is 0 Å². The lowest BCUT2D eigenvalue weighted by Gasteiger charge is -2.36. The highest BCUT2D eigenvalue weighted by Gasteiger charge is 2.52. The molecule has 1 aromatic heterocycles. The van der Waals surface area contributed by atoms with Crippen molar-refractivity contribution in [1.82, 2.24) is 14.9 Å². The zero-order valence-corrected chi connectivity index (χ0v) is 16.7. The number of amides is 1. The summed E-state index contributed by atoms with van der Waals surface area (Å²) in [7, 11) is 1.57. The SMILES string of the molecule is CC(=O)N1CCC(N(C)c2ncc(B3OC(C)(C)C(C)(C)O3)cn2)CC1. The van der Waals surface area contributed by atoms with Gasteiger partial charge in [-0.1, -0.05) is 0 Å². The van der Waals surface area contributed by atoms with Gasteiger partial charge in [0.05, 0.1) is 11.2 Å². The number of hydrogen-bond donors (Lipinski definition) is 0. The highest BCUT2D eigenvalue weighted by Crippen LogP contribution is 2.36. The lowest BCUT2D eigenvalue weighted by Crippen LogP contribution is -2.45. The molecule has 2 aliphatic heterocycles. The first kappa shape index (κ1) is 19.1. The van der Waals surface area contributed by atoms with Gasteiger partial charge in [-0.2, -0.15) is 0 Å². The minimum Gasteiger partial charge on any atom is -0.399 e. The molecule has 0 saturated carbocycles. The Morgan fingerprint density at radius 2 is 1.65 bits per heavy atom.